The van der Waals surface area contributed by atoms with Gasteiger partial charge in [0.2, 0.25) is 10.0 Å². The molecule has 1 saturated carbocycles. The van der Waals surface area contributed by atoms with Crippen molar-refractivity contribution in [3.8, 4) is 0 Å². The summed E-state index contributed by atoms with van der Waals surface area (Å²) >= 11 is 11.9. The molecule has 0 amide bonds. The molecular formula is C12H16Cl2N2O2S. The van der Waals surface area contributed by atoms with E-state index in [1.807, 2.05) is 0 Å². The van der Waals surface area contributed by atoms with Crippen molar-refractivity contribution in [1.29, 1.82) is 0 Å². The summed E-state index contributed by atoms with van der Waals surface area (Å²) in [5.41, 5.74) is 5.94. The van der Waals surface area contributed by atoms with Gasteiger partial charge in [-0.1, -0.05) is 36.5 Å². The summed E-state index contributed by atoms with van der Waals surface area (Å²) in [6, 6.07) is 2.76. The van der Waals surface area contributed by atoms with Crippen LogP contribution in [0, 0.1) is 5.41 Å². The van der Waals surface area contributed by atoms with Crippen molar-refractivity contribution in [3.63, 3.8) is 0 Å². The number of rotatable bonds is 4. The second kappa shape index (κ2) is 5.13. The van der Waals surface area contributed by atoms with Crippen LogP contribution in [0.2, 0.25) is 10.0 Å². The summed E-state index contributed by atoms with van der Waals surface area (Å²) < 4.78 is 27.1. The monoisotopic (exact) mass is 322 g/mol. The van der Waals surface area contributed by atoms with E-state index < -0.39 is 10.0 Å². The van der Waals surface area contributed by atoms with E-state index in [4.69, 9.17) is 28.9 Å². The maximum absolute atomic E-state index is 12.3. The molecule has 1 aromatic carbocycles. The molecule has 7 heteroatoms. The van der Waals surface area contributed by atoms with Crippen LogP contribution < -0.4 is 10.5 Å². The highest BCUT2D eigenvalue weighted by molar-refractivity contribution is 7.89. The predicted molar refractivity (Wildman–Crippen MR) is 78.0 cm³/mol. The van der Waals surface area contributed by atoms with Gasteiger partial charge in [-0.3, -0.25) is 0 Å². The Labute approximate surface area is 123 Å². The first-order valence-corrected chi connectivity index (χ1v) is 8.22. The third-order valence-corrected chi connectivity index (χ3v) is 5.86. The lowest BCUT2D eigenvalue weighted by Crippen LogP contribution is -2.40. The second-order valence-corrected chi connectivity index (χ2v) is 7.82. The number of benzene rings is 1. The average molecular weight is 323 g/mol. The van der Waals surface area contributed by atoms with E-state index in [1.165, 1.54) is 12.1 Å². The normalized spacial score (nSPS) is 18.1. The molecular weight excluding hydrogens is 307 g/mol. The van der Waals surface area contributed by atoms with Gasteiger partial charge < -0.3 is 5.73 Å². The number of halogens is 2. The molecule has 0 radical (unpaired) electrons. The molecule has 0 saturated heterocycles. The fourth-order valence-electron chi connectivity index (χ4n) is 2.13. The highest BCUT2D eigenvalue weighted by Crippen LogP contribution is 2.40. The highest BCUT2D eigenvalue weighted by atomic mass is 35.5. The van der Waals surface area contributed by atoms with Crippen LogP contribution in [-0.4, -0.2) is 15.0 Å². The maximum Gasteiger partial charge on any atom is 0.243 e. The van der Waals surface area contributed by atoms with Crippen LogP contribution in [0.3, 0.4) is 0 Å². The molecule has 0 aliphatic heterocycles. The number of nitrogens with two attached hydrogens (primary N) is 1. The minimum atomic E-state index is -3.72. The molecule has 0 unspecified atom stereocenters. The number of hydrogen-bond acceptors (Lipinski definition) is 3. The highest BCUT2D eigenvalue weighted by Gasteiger charge is 2.33. The van der Waals surface area contributed by atoms with E-state index in [0.717, 1.165) is 19.3 Å². The lowest BCUT2D eigenvalue weighted by molar-refractivity contribution is 0.166. The zero-order valence-electron chi connectivity index (χ0n) is 10.5. The molecule has 3 N–H and O–H groups in total. The fourth-order valence-corrected chi connectivity index (χ4v) is 4.56. The predicted octanol–water partition coefficient (Wildman–Crippen LogP) is 3.04. The summed E-state index contributed by atoms with van der Waals surface area (Å²) in [4.78, 5) is -0.104. The zero-order chi connectivity index (χ0) is 14.3. The first-order valence-electron chi connectivity index (χ1n) is 5.98. The summed E-state index contributed by atoms with van der Waals surface area (Å²) in [6.07, 6.45) is 3.19. The number of hydrogen-bond donors (Lipinski definition) is 2. The molecule has 1 fully saturated rings. The Morgan fingerprint density at radius 3 is 2.26 bits per heavy atom. The van der Waals surface area contributed by atoms with Gasteiger partial charge in [-0.05, 0) is 30.4 Å². The molecule has 106 valence electrons. The number of nitrogens with one attached hydrogen (secondary N) is 1. The Morgan fingerprint density at radius 1 is 1.32 bits per heavy atom. The van der Waals surface area contributed by atoms with Gasteiger partial charge in [-0.25, -0.2) is 13.1 Å². The summed E-state index contributed by atoms with van der Waals surface area (Å²) in [5.74, 6) is 0. The number of anilines is 1. The van der Waals surface area contributed by atoms with Gasteiger partial charge in [0.05, 0.1) is 10.0 Å². The van der Waals surface area contributed by atoms with Gasteiger partial charge in [0.1, 0.15) is 4.90 Å². The first-order chi connectivity index (χ1) is 8.73. The summed E-state index contributed by atoms with van der Waals surface area (Å²) in [5, 5.41) is 0.0764. The Bertz CT molecular complexity index is 575. The van der Waals surface area contributed by atoms with Crippen LogP contribution in [-0.2, 0) is 10.0 Å². The van der Waals surface area contributed by atoms with Crippen LogP contribution >= 0.6 is 23.2 Å². The Hall–Kier alpha value is -0.490. The lowest BCUT2D eigenvalue weighted by Gasteiger charge is -2.38. The molecule has 1 aliphatic rings. The Morgan fingerprint density at radius 2 is 1.84 bits per heavy atom. The van der Waals surface area contributed by atoms with E-state index in [0.29, 0.717) is 12.2 Å². The minimum absolute atomic E-state index is 0.0382. The van der Waals surface area contributed by atoms with Crippen molar-refractivity contribution >= 4 is 38.9 Å². The van der Waals surface area contributed by atoms with Gasteiger partial charge in [-0.2, -0.15) is 0 Å². The van der Waals surface area contributed by atoms with Crippen molar-refractivity contribution in [1.82, 2.24) is 4.72 Å². The smallest absolute Gasteiger partial charge is 0.243 e. The third kappa shape index (κ3) is 3.16. The third-order valence-electron chi connectivity index (χ3n) is 3.54. The van der Waals surface area contributed by atoms with Crippen LogP contribution in [0.5, 0.6) is 0 Å². The molecule has 0 aromatic heterocycles. The Balaban J connectivity index is 2.24. The minimum Gasteiger partial charge on any atom is -0.399 e. The van der Waals surface area contributed by atoms with Gasteiger partial charge >= 0.3 is 0 Å². The van der Waals surface area contributed by atoms with Crippen molar-refractivity contribution in [2.75, 3.05) is 12.3 Å². The van der Waals surface area contributed by atoms with E-state index in [9.17, 15) is 8.42 Å². The van der Waals surface area contributed by atoms with E-state index in [2.05, 4.69) is 11.6 Å². The SMILES string of the molecule is CC1(CNS(=O)(=O)c2c(Cl)cc(N)cc2Cl)CCC1. The van der Waals surface area contributed by atoms with Gasteiger partial charge in [0, 0.05) is 12.2 Å². The van der Waals surface area contributed by atoms with E-state index >= 15 is 0 Å². The molecule has 1 aromatic rings. The Kier molecular flexibility index (Phi) is 4.02. The molecule has 0 bridgehead atoms. The summed E-state index contributed by atoms with van der Waals surface area (Å²) in [7, 11) is -3.72. The first kappa shape index (κ1) is 14.9. The molecule has 2 rings (SSSR count). The molecule has 4 nitrogen and oxygen atoms in total. The zero-order valence-corrected chi connectivity index (χ0v) is 12.9. The summed E-state index contributed by atoms with van der Waals surface area (Å²) in [6.45, 7) is 2.46. The average Bonchev–Trinajstić information content (AvgIpc) is 2.22. The van der Waals surface area contributed by atoms with Crippen LogP contribution in [0.1, 0.15) is 26.2 Å². The van der Waals surface area contributed by atoms with E-state index in [-0.39, 0.29) is 20.4 Å². The van der Waals surface area contributed by atoms with Gasteiger partial charge in [0.25, 0.3) is 0 Å². The molecule has 19 heavy (non-hydrogen) atoms. The van der Waals surface area contributed by atoms with Crippen molar-refractivity contribution < 1.29 is 8.42 Å². The molecule has 0 atom stereocenters. The topological polar surface area (TPSA) is 72.2 Å². The fraction of sp³-hybridized carbons (Fsp3) is 0.500. The van der Waals surface area contributed by atoms with Crippen LogP contribution in [0.4, 0.5) is 5.69 Å². The molecule has 0 spiro atoms. The van der Waals surface area contributed by atoms with Gasteiger partial charge in [-0.15, -0.1) is 0 Å². The number of sulfonamides is 1. The molecule has 1 aliphatic carbocycles. The van der Waals surface area contributed by atoms with Crippen molar-refractivity contribution in [3.05, 3.63) is 22.2 Å². The second-order valence-electron chi connectivity index (χ2n) is 5.30. The largest absolute Gasteiger partial charge is 0.399 e. The van der Waals surface area contributed by atoms with Crippen molar-refractivity contribution in [2.45, 2.75) is 31.1 Å². The van der Waals surface area contributed by atoms with Crippen molar-refractivity contribution in [2.24, 2.45) is 5.41 Å². The number of nitrogen functional groups attached to an aromatic ring is 1. The standard InChI is InChI=1S/C12H16Cl2N2O2S/c1-12(3-2-4-12)7-16-19(17,18)11-9(13)5-8(15)6-10(11)14/h5-6,16H,2-4,7,15H2,1H3. The lowest BCUT2D eigenvalue weighted by atomic mass is 9.71. The van der Waals surface area contributed by atoms with Crippen LogP contribution in [0.15, 0.2) is 17.0 Å². The van der Waals surface area contributed by atoms with Crippen LogP contribution in [0.25, 0.3) is 0 Å². The molecule has 0 heterocycles. The quantitative estimate of drug-likeness (QED) is 0.837. The van der Waals surface area contributed by atoms with Gasteiger partial charge in [0.15, 0.2) is 0 Å². The van der Waals surface area contributed by atoms with E-state index in [1.54, 1.807) is 0 Å². The maximum atomic E-state index is 12.3.